The molecular formula is C13H13FN2O3S. The molecule has 0 aliphatic heterocycles. The first-order valence-corrected chi connectivity index (χ1v) is 7.19. The minimum absolute atomic E-state index is 0.0287. The zero-order valence-electron chi connectivity index (χ0n) is 10.6. The summed E-state index contributed by atoms with van der Waals surface area (Å²) in [5.74, 6) is -0.544. The predicted octanol–water partition coefficient (Wildman–Crippen LogP) is 2.16. The number of halogens is 1. The molecule has 2 rings (SSSR count). The molecule has 0 radical (unpaired) electrons. The second-order valence-electron chi connectivity index (χ2n) is 4.20. The van der Waals surface area contributed by atoms with Gasteiger partial charge in [-0.05, 0) is 30.7 Å². The summed E-state index contributed by atoms with van der Waals surface area (Å²) in [5, 5.41) is 5.04. The molecule has 0 saturated carbocycles. The lowest BCUT2D eigenvalue weighted by Gasteiger charge is -2.12. The summed E-state index contributed by atoms with van der Waals surface area (Å²) in [6.07, 6.45) is 0. The summed E-state index contributed by atoms with van der Waals surface area (Å²) < 4.78 is 41.9. The lowest BCUT2D eigenvalue weighted by molar-refractivity contribution is 0.441. The number of ether oxygens (including phenoxy) is 1. The van der Waals surface area contributed by atoms with Crippen LogP contribution >= 0.6 is 0 Å². The van der Waals surface area contributed by atoms with E-state index in [9.17, 15) is 12.8 Å². The lowest BCUT2D eigenvalue weighted by Crippen LogP contribution is -2.14. The van der Waals surface area contributed by atoms with Crippen molar-refractivity contribution in [2.75, 3.05) is 5.73 Å². The molecule has 0 aromatic heterocycles. The van der Waals surface area contributed by atoms with E-state index in [0.717, 1.165) is 0 Å². The van der Waals surface area contributed by atoms with Gasteiger partial charge in [0.1, 0.15) is 4.90 Å². The Morgan fingerprint density at radius 2 is 1.70 bits per heavy atom. The molecule has 0 aliphatic rings. The molecule has 20 heavy (non-hydrogen) atoms. The third kappa shape index (κ3) is 2.73. The van der Waals surface area contributed by atoms with Crippen molar-refractivity contribution in [3.63, 3.8) is 0 Å². The van der Waals surface area contributed by atoms with E-state index in [0.29, 0.717) is 5.56 Å². The molecule has 106 valence electrons. The standard InChI is InChI=1S/C13H13FN2O3S/c1-8-4-2-5-9(12(8)14)19-10-6-3-7-11(13(10)15)20(16,17)18/h2-7H,15H2,1H3,(H2,16,17,18). The second-order valence-corrected chi connectivity index (χ2v) is 5.73. The number of anilines is 1. The Hall–Kier alpha value is -2.12. The number of rotatable bonds is 3. The van der Waals surface area contributed by atoms with Crippen molar-refractivity contribution in [3.8, 4) is 11.5 Å². The molecule has 0 amide bonds. The quantitative estimate of drug-likeness (QED) is 0.848. The van der Waals surface area contributed by atoms with Crippen molar-refractivity contribution in [1.29, 1.82) is 0 Å². The summed E-state index contributed by atoms with van der Waals surface area (Å²) in [5.41, 5.74) is 5.95. The van der Waals surface area contributed by atoms with Gasteiger partial charge in [0.2, 0.25) is 10.0 Å². The van der Waals surface area contributed by atoms with Gasteiger partial charge < -0.3 is 10.5 Å². The normalized spacial score (nSPS) is 11.3. The summed E-state index contributed by atoms with van der Waals surface area (Å²) in [4.78, 5) is -0.261. The molecule has 7 heteroatoms. The fourth-order valence-corrected chi connectivity index (χ4v) is 2.35. The van der Waals surface area contributed by atoms with Crippen LogP contribution in [0, 0.1) is 12.7 Å². The van der Waals surface area contributed by atoms with E-state index in [2.05, 4.69) is 0 Å². The molecule has 0 unspecified atom stereocenters. The zero-order chi connectivity index (χ0) is 14.9. The molecule has 2 aromatic carbocycles. The Kier molecular flexibility index (Phi) is 3.65. The molecule has 0 spiro atoms. The van der Waals surface area contributed by atoms with Crippen molar-refractivity contribution < 1.29 is 17.5 Å². The Bertz CT molecular complexity index is 760. The predicted molar refractivity (Wildman–Crippen MR) is 73.4 cm³/mol. The maximum absolute atomic E-state index is 13.8. The van der Waals surface area contributed by atoms with Gasteiger partial charge in [0.25, 0.3) is 0 Å². The second kappa shape index (κ2) is 5.10. The fraction of sp³-hybridized carbons (Fsp3) is 0.0769. The van der Waals surface area contributed by atoms with E-state index >= 15 is 0 Å². The highest BCUT2D eigenvalue weighted by Crippen LogP contribution is 2.33. The Morgan fingerprint density at radius 3 is 2.35 bits per heavy atom. The van der Waals surface area contributed by atoms with Gasteiger partial charge in [-0.25, -0.2) is 17.9 Å². The number of primary sulfonamides is 1. The lowest BCUT2D eigenvalue weighted by atomic mass is 10.2. The van der Waals surface area contributed by atoms with Crippen LogP contribution in [0.25, 0.3) is 0 Å². The van der Waals surface area contributed by atoms with Gasteiger partial charge in [-0.1, -0.05) is 18.2 Å². The van der Waals surface area contributed by atoms with Crippen molar-refractivity contribution in [1.82, 2.24) is 0 Å². The van der Waals surface area contributed by atoms with Crippen LogP contribution in [0.5, 0.6) is 11.5 Å². The highest BCUT2D eigenvalue weighted by Gasteiger charge is 2.17. The van der Waals surface area contributed by atoms with Crippen molar-refractivity contribution in [3.05, 3.63) is 47.8 Å². The monoisotopic (exact) mass is 296 g/mol. The van der Waals surface area contributed by atoms with Gasteiger partial charge in [-0.15, -0.1) is 0 Å². The van der Waals surface area contributed by atoms with Crippen LogP contribution in [0.3, 0.4) is 0 Å². The summed E-state index contributed by atoms with van der Waals surface area (Å²) in [6, 6.07) is 8.74. The molecule has 0 aliphatic carbocycles. The molecule has 0 saturated heterocycles. The largest absolute Gasteiger partial charge is 0.452 e. The third-order valence-electron chi connectivity index (χ3n) is 2.71. The number of para-hydroxylation sites is 1. The summed E-state index contributed by atoms with van der Waals surface area (Å²) >= 11 is 0. The number of hydrogen-bond donors (Lipinski definition) is 2. The maximum atomic E-state index is 13.8. The van der Waals surface area contributed by atoms with Crippen LogP contribution < -0.4 is 15.6 Å². The van der Waals surface area contributed by atoms with E-state index in [1.807, 2.05) is 0 Å². The summed E-state index contributed by atoms with van der Waals surface area (Å²) in [7, 11) is -3.97. The minimum atomic E-state index is -3.97. The van der Waals surface area contributed by atoms with E-state index in [4.69, 9.17) is 15.6 Å². The molecular weight excluding hydrogens is 283 g/mol. The Morgan fingerprint density at radius 1 is 1.10 bits per heavy atom. The Labute approximate surface area is 116 Å². The topological polar surface area (TPSA) is 95.4 Å². The zero-order valence-corrected chi connectivity index (χ0v) is 11.4. The van der Waals surface area contributed by atoms with E-state index in [1.165, 1.54) is 24.3 Å². The first-order valence-electron chi connectivity index (χ1n) is 5.65. The van der Waals surface area contributed by atoms with Gasteiger partial charge >= 0.3 is 0 Å². The van der Waals surface area contributed by atoms with Gasteiger partial charge in [0.05, 0.1) is 5.69 Å². The minimum Gasteiger partial charge on any atom is -0.452 e. The molecule has 0 heterocycles. The SMILES string of the molecule is Cc1cccc(Oc2cccc(S(N)(=O)=O)c2N)c1F. The number of aryl methyl sites for hydroxylation is 1. The molecule has 0 atom stereocenters. The number of hydrogen-bond acceptors (Lipinski definition) is 4. The Balaban J connectivity index is 2.48. The summed E-state index contributed by atoms with van der Waals surface area (Å²) in [6.45, 7) is 1.59. The van der Waals surface area contributed by atoms with Crippen LogP contribution in [0.1, 0.15) is 5.56 Å². The van der Waals surface area contributed by atoms with Crippen molar-refractivity contribution in [2.45, 2.75) is 11.8 Å². The number of nitrogens with two attached hydrogens (primary N) is 2. The van der Waals surface area contributed by atoms with E-state index in [1.54, 1.807) is 19.1 Å². The number of benzene rings is 2. The highest BCUT2D eigenvalue weighted by atomic mass is 32.2. The van der Waals surface area contributed by atoms with E-state index in [-0.39, 0.29) is 22.1 Å². The van der Waals surface area contributed by atoms with E-state index < -0.39 is 15.8 Å². The first-order chi connectivity index (χ1) is 9.30. The number of sulfonamides is 1. The first kappa shape index (κ1) is 14.3. The average Bonchev–Trinajstić information content (AvgIpc) is 2.36. The molecule has 0 fully saturated rings. The molecule has 5 nitrogen and oxygen atoms in total. The van der Waals surface area contributed by atoms with Crippen LogP contribution in [-0.2, 0) is 10.0 Å². The molecule has 2 aromatic rings. The van der Waals surface area contributed by atoms with Gasteiger partial charge in [0.15, 0.2) is 17.3 Å². The van der Waals surface area contributed by atoms with Gasteiger partial charge in [0, 0.05) is 0 Å². The van der Waals surface area contributed by atoms with Crippen LogP contribution in [0.15, 0.2) is 41.3 Å². The van der Waals surface area contributed by atoms with Gasteiger partial charge in [-0.3, -0.25) is 0 Å². The van der Waals surface area contributed by atoms with Crippen molar-refractivity contribution >= 4 is 15.7 Å². The maximum Gasteiger partial charge on any atom is 0.240 e. The van der Waals surface area contributed by atoms with Crippen LogP contribution in [-0.4, -0.2) is 8.42 Å². The molecule has 0 bridgehead atoms. The van der Waals surface area contributed by atoms with Crippen LogP contribution in [0.4, 0.5) is 10.1 Å². The smallest absolute Gasteiger partial charge is 0.240 e. The fourth-order valence-electron chi connectivity index (χ4n) is 1.68. The average molecular weight is 296 g/mol. The third-order valence-corrected chi connectivity index (χ3v) is 3.68. The van der Waals surface area contributed by atoms with Crippen LogP contribution in [0.2, 0.25) is 0 Å². The van der Waals surface area contributed by atoms with Crippen molar-refractivity contribution in [2.24, 2.45) is 5.14 Å². The van der Waals surface area contributed by atoms with Gasteiger partial charge in [-0.2, -0.15) is 0 Å². The highest BCUT2D eigenvalue weighted by molar-refractivity contribution is 7.89. The molecule has 4 N–H and O–H groups in total. The number of nitrogen functional groups attached to an aromatic ring is 1.